The van der Waals surface area contributed by atoms with Crippen LogP contribution in [0.3, 0.4) is 0 Å². The first kappa shape index (κ1) is 15.1. The minimum atomic E-state index is -0.0603. The molecule has 2 fully saturated rings. The van der Waals surface area contributed by atoms with Gasteiger partial charge in [-0.25, -0.2) is 0 Å². The fourth-order valence-electron chi connectivity index (χ4n) is 3.27. The van der Waals surface area contributed by atoms with Crippen LogP contribution in [0.25, 0.3) is 0 Å². The van der Waals surface area contributed by atoms with E-state index in [0.29, 0.717) is 5.92 Å². The Balaban J connectivity index is 1.47. The first-order chi connectivity index (χ1) is 10.7. The van der Waals surface area contributed by atoms with Crippen molar-refractivity contribution in [2.24, 2.45) is 11.3 Å². The third-order valence-corrected chi connectivity index (χ3v) is 4.81. The summed E-state index contributed by atoms with van der Waals surface area (Å²) >= 11 is 0. The largest absolute Gasteiger partial charge is 0.352 e. The highest BCUT2D eigenvalue weighted by atomic mass is 16.1. The summed E-state index contributed by atoms with van der Waals surface area (Å²) in [5, 5.41) is 12.3. The van der Waals surface area contributed by atoms with E-state index in [-0.39, 0.29) is 11.3 Å². The Bertz CT molecular complexity index is 559. The zero-order valence-electron chi connectivity index (χ0n) is 12.9. The zero-order chi connectivity index (χ0) is 15.4. The predicted octanol–water partition coefficient (Wildman–Crippen LogP) is 2.43. The highest BCUT2D eigenvalue weighted by Gasteiger charge is 2.44. The minimum absolute atomic E-state index is 0.00779. The molecule has 1 aromatic carbocycles. The Hall–Kier alpha value is -1.86. The molecule has 1 N–H and O–H groups in total. The van der Waals surface area contributed by atoms with E-state index in [1.807, 2.05) is 30.3 Å². The molecule has 1 aromatic rings. The number of likely N-dealkylation sites (tertiary alicyclic amines) is 1. The van der Waals surface area contributed by atoms with E-state index < -0.39 is 0 Å². The van der Waals surface area contributed by atoms with Gasteiger partial charge in [-0.05, 0) is 50.3 Å². The second kappa shape index (κ2) is 6.50. The van der Waals surface area contributed by atoms with Gasteiger partial charge in [-0.1, -0.05) is 18.2 Å². The molecular weight excluding hydrogens is 274 g/mol. The van der Waals surface area contributed by atoms with Crippen LogP contribution in [-0.2, 0) is 0 Å². The Morgan fingerprint density at radius 3 is 2.82 bits per heavy atom. The van der Waals surface area contributed by atoms with Crippen molar-refractivity contribution in [3.05, 3.63) is 35.9 Å². The molecule has 1 amide bonds. The standard InChI is InChI=1S/C18H23N3O/c19-13-18(8-9-18)14-21-10-4-5-15(12-21)11-20-17(22)16-6-2-1-3-7-16/h1-3,6-7,15H,4-5,8-12,14H2,(H,20,22)/t15-/m0/s1. The van der Waals surface area contributed by atoms with Crippen molar-refractivity contribution in [2.75, 3.05) is 26.2 Å². The summed E-state index contributed by atoms with van der Waals surface area (Å²) in [6, 6.07) is 11.8. The molecule has 1 saturated heterocycles. The summed E-state index contributed by atoms with van der Waals surface area (Å²) in [6.07, 6.45) is 4.42. The van der Waals surface area contributed by atoms with Crippen LogP contribution in [0.5, 0.6) is 0 Å². The average Bonchev–Trinajstić information content (AvgIpc) is 3.34. The Labute approximate surface area is 132 Å². The minimum Gasteiger partial charge on any atom is -0.352 e. The summed E-state index contributed by atoms with van der Waals surface area (Å²) in [5.74, 6) is 0.504. The summed E-state index contributed by atoms with van der Waals surface area (Å²) in [4.78, 5) is 14.5. The van der Waals surface area contributed by atoms with Gasteiger partial charge >= 0.3 is 0 Å². The van der Waals surface area contributed by atoms with Gasteiger partial charge in [0.1, 0.15) is 0 Å². The van der Waals surface area contributed by atoms with Gasteiger partial charge in [-0.2, -0.15) is 5.26 Å². The van der Waals surface area contributed by atoms with Crippen molar-refractivity contribution in [1.82, 2.24) is 10.2 Å². The molecule has 2 aliphatic rings. The third-order valence-electron chi connectivity index (χ3n) is 4.81. The maximum absolute atomic E-state index is 12.1. The number of rotatable bonds is 5. The van der Waals surface area contributed by atoms with Crippen LogP contribution >= 0.6 is 0 Å². The van der Waals surface area contributed by atoms with Crippen LogP contribution in [0.15, 0.2) is 30.3 Å². The molecule has 0 aromatic heterocycles. The summed E-state index contributed by atoms with van der Waals surface area (Å²) in [6.45, 7) is 3.72. The van der Waals surface area contributed by atoms with E-state index >= 15 is 0 Å². The van der Waals surface area contributed by atoms with Gasteiger partial charge in [0.25, 0.3) is 5.91 Å². The molecule has 0 spiro atoms. The van der Waals surface area contributed by atoms with Gasteiger partial charge in [0, 0.05) is 25.2 Å². The van der Waals surface area contributed by atoms with E-state index in [0.717, 1.165) is 57.4 Å². The lowest BCUT2D eigenvalue weighted by Crippen LogP contribution is -2.43. The number of carbonyl (C=O) groups excluding carboxylic acids is 1. The van der Waals surface area contributed by atoms with E-state index in [2.05, 4.69) is 16.3 Å². The molecule has 116 valence electrons. The van der Waals surface area contributed by atoms with Gasteiger partial charge < -0.3 is 10.2 Å². The summed E-state index contributed by atoms with van der Waals surface area (Å²) in [7, 11) is 0. The fraction of sp³-hybridized carbons (Fsp3) is 0.556. The highest BCUT2D eigenvalue weighted by Crippen LogP contribution is 2.45. The van der Waals surface area contributed by atoms with Crippen LogP contribution in [0.4, 0.5) is 0 Å². The third kappa shape index (κ3) is 3.66. The van der Waals surface area contributed by atoms with E-state index in [4.69, 9.17) is 0 Å². The van der Waals surface area contributed by atoms with E-state index in [1.54, 1.807) is 0 Å². The molecule has 1 atom stereocenters. The van der Waals surface area contributed by atoms with Gasteiger partial charge in [0.2, 0.25) is 0 Å². The topological polar surface area (TPSA) is 56.1 Å². The molecule has 0 radical (unpaired) electrons. The monoisotopic (exact) mass is 297 g/mol. The molecule has 0 unspecified atom stereocenters. The van der Waals surface area contributed by atoms with Crippen LogP contribution in [0, 0.1) is 22.7 Å². The molecule has 4 nitrogen and oxygen atoms in total. The predicted molar refractivity (Wildman–Crippen MR) is 85.2 cm³/mol. The highest BCUT2D eigenvalue weighted by molar-refractivity contribution is 5.94. The van der Waals surface area contributed by atoms with Crippen LogP contribution in [0.1, 0.15) is 36.0 Å². The van der Waals surface area contributed by atoms with Gasteiger partial charge in [-0.15, -0.1) is 0 Å². The van der Waals surface area contributed by atoms with Crippen molar-refractivity contribution in [3.8, 4) is 6.07 Å². The second-order valence-corrected chi connectivity index (χ2v) is 6.71. The number of benzene rings is 1. The van der Waals surface area contributed by atoms with Crippen molar-refractivity contribution in [3.63, 3.8) is 0 Å². The number of nitriles is 1. The zero-order valence-corrected chi connectivity index (χ0v) is 12.9. The fourth-order valence-corrected chi connectivity index (χ4v) is 3.27. The Kier molecular flexibility index (Phi) is 4.44. The number of nitrogens with one attached hydrogen (secondary N) is 1. The molecule has 3 rings (SSSR count). The van der Waals surface area contributed by atoms with Crippen LogP contribution < -0.4 is 5.32 Å². The number of carbonyl (C=O) groups is 1. The lowest BCUT2D eigenvalue weighted by Gasteiger charge is -2.33. The van der Waals surface area contributed by atoms with Crippen molar-refractivity contribution in [1.29, 1.82) is 5.26 Å². The Morgan fingerprint density at radius 1 is 1.36 bits per heavy atom. The molecule has 4 heteroatoms. The van der Waals surface area contributed by atoms with Crippen LogP contribution in [-0.4, -0.2) is 37.0 Å². The second-order valence-electron chi connectivity index (χ2n) is 6.71. The molecule has 1 saturated carbocycles. The van der Waals surface area contributed by atoms with Gasteiger partial charge in [0.15, 0.2) is 0 Å². The van der Waals surface area contributed by atoms with Crippen molar-refractivity contribution in [2.45, 2.75) is 25.7 Å². The number of piperidine rings is 1. The maximum Gasteiger partial charge on any atom is 0.251 e. The molecule has 0 bridgehead atoms. The molecule has 1 aliphatic heterocycles. The number of hydrogen-bond acceptors (Lipinski definition) is 3. The smallest absolute Gasteiger partial charge is 0.251 e. The number of amides is 1. The molecule has 1 aliphatic carbocycles. The lowest BCUT2D eigenvalue weighted by atomic mass is 9.96. The number of hydrogen-bond donors (Lipinski definition) is 1. The normalized spacial score (nSPS) is 23.5. The van der Waals surface area contributed by atoms with Crippen molar-refractivity contribution < 1.29 is 4.79 Å². The molecular formula is C18H23N3O. The summed E-state index contributed by atoms with van der Waals surface area (Å²) < 4.78 is 0. The van der Waals surface area contributed by atoms with E-state index in [9.17, 15) is 10.1 Å². The van der Waals surface area contributed by atoms with Crippen LogP contribution in [0.2, 0.25) is 0 Å². The van der Waals surface area contributed by atoms with E-state index in [1.165, 1.54) is 0 Å². The van der Waals surface area contributed by atoms with Gasteiger partial charge in [0.05, 0.1) is 11.5 Å². The SMILES string of the molecule is N#CC1(CN2CCC[C@@H](CNC(=O)c3ccccc3)C2)CC1. The number of nitrogens with zero attached hydrogens (tertiary/aromatic N) is 2. The van der Waals surface area contributed by atoms with Gasteiger partial charge in [-0.3, -0.25) is 4.79 Å². The Morgan fingerprint density at radius 2 is 2.14 bits per heavy atom. The first-order valence-corrected chi connectivity index (χ1v) is 8.18. The maximum atomic E-state index is 12.1. The van der Waals surface area contributed by atoms with Crippen molar-refractivity contribution >= 4 is 5.91 Å². The molecule has 22 heavy (non-hydrogen) atoms. The quantitative estimate of drug-likeness (QED) is 0.908. The molecule has 1 heterocycles. The average molecular weight is 297 g/mol. The first-order valence-electron chi connectivity index (χ1n) is 8.18. The summed E-state index contributed by atoms with van der Waals surface area (Å²) in [5.41, 5.74) is 0.659. The lowest BCUT2D eigenvalue weighted by molar-refractivity contribution is 0.0929.